The molecule has 12 heavy (non-hydrogen) atoms. The number of hydrogen-bond donors (Lipinski definition) is 0. The third kappa shape index (κ3) is 2.55. The van der Waals surface area contributed by atoms with E-state index in [0.717, 1.165) is 10.0 Å². The smallest absolute Gasteiger partial charge is 0.210 e. The van der Waals surface area contributed by atoms with Crippen molar-refractivity contribution in [3.05, 3.63) is 33.8 Å². The van der Waals surface area contributed by atoms with Gasteiger partial charge in [-0.3, -0.25) is 0 Å². The average Bonchev–Trinajstić information content (AvgIpc) is 1.96. The predicted octanol–water partition coefficient (Wildman–Crippen LogP) is 3.57. The fourth-order valence-corrected chi connectivity index (χ4v) is 1.37. The molecule has 0 amide bonds. The first-order valence-electron chi connectivity index (χ1n) is 3.63. The lowest BCUT2D eigenvalue weighted by Gasteiger charge is -2.02. The Bertz CT molecular complexity index is 271. The molecule has 0 aliphatic carbocycles. The molecule has 0 aliphatic rings. The molecule has 0 aromatic heterocycles. The fraction of sp³-hybridized carbons (Fsp3) is 0.333. The lowest BCUT2D eigenvalue weighted by atomic mass is 10.1. The number of alkyl halides is 2. The molecule has 0 radical (unpaired) electrons. The van der Waals surface area contributed by atoms with Crippen LogP contribution in [-0.2, 0) is 6.42 Å². The Morgan fingerprint density at radius 1 is 1.42 bits per heavy atom. The molecule has 1 aromatic carbocycles. The van der Waals surface area contributed by atoms with E-state index in [1.165, 1.54) is 0 Å². The maximum atomic E-state index is 11.9. The quantitative estimate of drug-likeness (QED) is 0.735. The van der Waals surface area contributed by atoms with Gasteiger partial charge >= 0.3 is 0 Å². The van der Waals surface area contributed by atoms with Gasteiger partial charge in [0.1, 0.15) is 0 Å². The van der Waals surface area contributed by atoms with Gasteiger partial charge in [-0.25, -0.2) is 8.78 Å². The summed E-state index contributed by atoms with van der Waals surface area (Å²) in [6.45, 7) is 1.93. The van der Waals surface area contributed by atoms with Crippen molar-refractivity contribution in [2.75, 3.05) is 0 Å². The molecule has 0 nitrogen and oxygen atoms in total. The van der Waals surface area contributed by atoms with Crippen LogP contribution in [0.5, 0.6) is 0 Å². The van der Waals surface area contributed by atoms with E-state index in [-0.39, 0.29) is 6.42 Å². The van der Waals surface area contributed by atoms with Gasteiger partial charge in [0, 0.05) is 10.9 Å². The van der Waals surface area contributed by atoms with Gasteiger partial charge in [0.2, 0.25) is 6.43 Å². The second-order valence-electron chi connectivity index (χ2n) is 2.68. The van der Waals surface area contributed by atoms with Crippen molar-refractivity contribution in [1.82, 2.24) is 0 Å². The summed E-state index contributed by atoms with van der Waals surface area (Å²) in [5.74, 6) is 0. The van der Waals surface area contributed by atoms with E-state index in [2.05, 4.69) is 15.9 Å². The van der Waals surface area contributed by atoms with E-state index in [0.29, 0.717) is 5.56 Å². The molecule has 0 spiro atoms. The maximum absolute atomic E-state index is 11.9. The number of halogens is 3. The zero-order chi connectivity index (χ0) is 9.14. The van der Waals surface area contributed by atoms with Gasteiger partial charge in [-0.05, 0) is 24.1 Å². The van der Waals surface area contributed by atoms with Crippen LogP contribution in [0.4, 0.5) is 8.78 Å². The Labute approximate surface area is 78.7 Å². The highest BCUT2D eigenvalue weighted by Crippen LogP contribution is 2.18. The van der Waals surface area contributed by atoms with Gasteiger partial charge in [-0.15, -0.1) is 0 Å². The molecule has 0 saturated carbocycles. The van der Waals surface area contributed by atoms with Crippen molar-refractivity contribution < 1.29 is 8.78 Å². The summed E-state index contributed by atoms with van der Waals surface area (Å²) in [6, 6.07) is 5.30. The first kappa shape index (κ1) is 9.65. The van der Waals surface area contributed by atoms with Crippen LogP contribution < -0.4 is 0 Å². The number of rotatable bonds is 2. The topological polar surface area (TPSA) is 0 Å². The Hall–Kier alpha value is -0.440. The maximum Gasteiger partial charge on any atom is 0.242 e. The molecule has 0 atom stereocenters. The molecular formula is C9H9BrF2. The first-order chi connectivity index (χ1) is 5.59. The summed E-state index contributed by atoms with van der Waals surface area (Å²) in [6.07, 6.45) is -2.43. The summed E-state index contributed by atoms with van der Waals surface area (Å²) < 4.78 is 24.8. The average molecular weight is 235 g/mol. The van der Waals surface area contributed by atoms with Gasteiger partial charge in [0.25, 0.3) is 0 Å². The lowest BCUT2D eigenvalue weighted by Crippen LogP contribution is -1.96. The number of benzene rings is 1. The van der Waals surface area contributed by atoms with Gasteiger partial charge in [0.15, 0.2) is 0 Å². The van der Waals surface area contributed by atoms with Crippen molar-refractivity contribution in [2.24, 2.45) is 0 Å². The van der Waals surface area contributed by atoms with Crippen molar-refractivity contribution in [2.45, 2.75) is 19.8 Å². The third-order valence-corrected chi connectivity index (χ3v) is 2.48. The molecule has 1 rings (SSSR count). The van der Waals surface area contributed by atoms with Gasteiger partial charge < -0.3 is 0 Å². The Morgan fingerprint density at radius 2 is 2.08 bits per heavy atom. The van der Waals surface area contributed by atoms with Gasteiger partial charge in [-0.2, -0.15) is 0 Å². The minimum Gasteiger partial charge on any atom is -0.210 e. The van der Waals surface area contributed by atoms with E-state index >= 15 is 0 Å². The highest BCUT2D eigenvalue weighted by Gasteiger charge is 2.05. The summed E-state index contributed by atoms with van der Waals surface area (Å²) in [7, 11) is 0. The SMILES string of the molecule is Cc1ccc(CC(F)F)cc1Br. The molecular weight excluding hydrogens is 226 g/mol. The minimum atomic E-state index is -2.26. The van der Waals surface area contributed by atoms with Crippen molar-refractivity contribution in [3.8, 4) is 0 Å². The number of hydrogen-bond acceptors (Lipinski definition) is 0. The van der Waals surface area contributed by atoms with E-state index in [4.69, 9.17) is 0 Å². The monoisotopic (exact) mass is 234 g/mol. The van der Waals surface area contributed by atoms with Crippen LogP contribution in [0.25, 0.3) is 0 Å². The summed E-state index contributed by atoms with van der Waals surface area (Å²) in [5, 5.41) is 0. The molecule has 1 aromatic rings. The van der Waals surface area contributed by atoms with Gasteiger partial charge in [0.05, 0.1) is 0 Å². The molecule has 0 unspecified atom stereocenters. The molecule has 0 bridgehead atoms. The molecule has 66 valence electrons. The summed E-state index contributed by atoms with van der Waals surface area (Å²) in [5.41, 5.74) is 1.73. The van der Waals surface area contributed by atoms with Crippen molar-refractivity contribution >= 4 is 15.9 Å². The van der Waals surface area contributed by atoms with E-state index < -0.39 is 6.43 Å². The summed E-state index contributed by atoms with van der Waals surface area (Å²) >= 11 is 3.29. The molecule has 0 aliphatic heterocycles. The van der Waals surface area contributed by atoms with Crippen LogP contribution in [0.15, 0.2) is 22.7 Å². The molecule has 0 fully saturated rings. The Morgan fingerprint density at radius 3 is 2.58 bits per heavy atom. The van der Waals surface area contributed by atoms with Crippen LogP contribution in [0.2, 0.25) is 0 Å². The fourth-order valence-electron chi connectivity index (χ4n) is 0.942. The highest BCUT2D eigenvalue weighted by molar-refractivity contribution is 9.10. The second-order valence-corrected chi connectivity index (χ2v) is 3.53. The summed E-state index contributed by atoms with van der Waals surface area (Å²) in [4.78, 5) is 0. The van der Waals surface area contributed by atoms with Crippen molar-refractivity contribution in [1.29, 1.82) is 0 Å². The predicted molar refractivity (Wildman–Crippen MR) is 48.6 cm³/mol. The zero-order valence-corrected chi connectivity index (χ0v) is 8.24. The van der Waals surface area contributed by atoms with Crippen LogP contribution >= 0.6 is 15.9 Å². The van der Waals surface area contributed by atoms with E-state index in [9.17, 15) is 8.78 Å². The highest BCUT2D eigenvalue weighted by atomic mass is 79.9. The van der Waals surface area contributed by atoms with Crippen LogP contribution in [0.3, 0.4) is 0 Å². The second kappa shape index (κ2) is 3.99. The standard InChI is InChI=1S/C9H9BrF2/c1-6-2-3-7(4-8(6)10)5-9(11)12/h2-4,9H,5H2,1H3. The molecule has 0 N–H and O–H groups in total. The van der Waals surface area contributed by atoms with E-state index in [1.807, 2.05) is 13.0 Å². The molecule has 0 heterocycles. The zero-order valence-electron chi connectivity index (χ0n) is 6.65. The van der Waals surface area contributed by atoms with Gasteiger partial charge in [-0.1, -0.05) is 28.1 Å². The van der Waals surface area contributed by atoms with E-state index in [1.54, 1.807) is 12.1 Å². The van der Waals surface area contributed by atoms with Crippen LogP contribution in [0.1, 0.15) is 11.1 Å². The minimum absolute atomic E-state index is 0.168. The Kier molecular flexibility index (Phi) is 3.20. The van der Waals surface area contributed by atoms with Crippen LogP contribution in [0, 0.1) is 6.92 Å². The third-order valence-electron chi connectivity index (χ3n) is 1.63. The number of aryl methyl sites for hydroxylation is 1. The first-order valence-corrected chi connectivity index (χ1v) is 4.42. The Balaban J connectivity index is 2.82. The molecule has 3 heteroatoms. The largest absolute Gasteiger partial charge is 0.242 e. The lowest BCUT2D eigenvalue weighted by molar-refractivity contribution is 0.149. The molecule has 0 saturated heterocycles. The van der Waals surface area contributed by atoms with Crippen molar-refractivity contribution in [3.63, 3.8) is 0 Å². The normalized spacial score (nSPS) is 10.8. The van der Waals surface area contributed by atoms with Crippen LogP contribution in [-0.4, -0.2) is 6.43 Å².